The molecule has 3 N–H and O–H groups in total. The molecular formula is C8H9ClFN3. The normalized spacial score (nSPS) is 11.5. The zero-order chi connectivity index (χ0) is 9.84. The third-order valence-corrected chi connectivity index (χ3v) is 1.84. The number of nitrogens with two attached hydrogens (primary N) is 1. The van der Waals surface area contributed by atoms with Crippen LogP contribution in [0.2, 0.25) is 5.02 Å². The molecule has 1 aromatic rings. The van der Waals surface area contributed by atoms with Gasteiger partial charge in [0.15, 0.2) is 0 Å². The minimum absolute atomic E-state index is 0.0499. The number of halogens is 2. The summed E-state index contributed by atoms with van der Waals surface area (Å²) in [6, 6.07) is 4.27. The molecule has 0 bridgehead atoms. The third kappa shape index (κ3) is 2.17. The van der Waals surface area contributed by atoms with Crippen molar-refractivity contribution in [3.05, 3.63) is 34.6 Å². The van der Waals surface area contributed by atoms with Gasteiger partial charge in [-0.05, 0) is 18.2 Å². The number of hydrazine groups is 1. The Labute approximate surface area is 80.4 Å². The maximum absolute atomic E-state index is 12.7. The van der Waals surface area contributed by atoms with Crippen LogP contribution in [-0.2, 0) is 0 Å². The van der Waals surface area contributed by atoms with Crippen molar-refractivity contribution < 1.29 is 4.39 Å². The van der Waals surface area contributed by atoms with Gasteiger partial charge in [-0.1, -0.05) is 11.6 Å². The summed E-state index contributed by atoms with van der Waals surface area (Å²) >= 11 is 5.57. The van der Waals surface area contributed by atoms with E-state index in [4.69, 9.17) is 17.4 Å². The number of rotatable bonds is 1. The lowest BCUT2D eigenvalue weighted by molar-refractivity contribution is 0.628. The molecule has 0 unspecified atom stereocenters. The Bertz CT molecular complexity index is 338. The largest absolute Gasteiger partial charge is 0.308 e. The molecule has 0 saturated heterocycles. The zero-order valence-corrected chi connectivity index (χ0v) is 7.77. The van der Waals surface area contributed by atoms with Gasteiger partial charge in [-0.2, -0.15) is 0 Å². The molecule has 3 nitrogen and oxygen atoms in total. The van der Waals surface area contributed by atoms with E-state index in [1.54, 1.807) is 13.1 Å². The molecule has 0 heterocycles. The minimum atomic E-state index is -0.460. The molecule has 0 aliphatic carbocycles. The SMILES string of the molecule is CN=C(NN)c1ccc(F)c(Cl)c1. The molecule has 0 radical (unpaired) electrons. The fourth-order valence-electron chi connectivity index (χ4n) is 0.920. The van der Waals surface area contributed by atoms with E-state index in [2.05, 4.69) is 10.4 Å². The summed E-state index contributed by atoms with van der Waals surface area (Å²) in [4.78, 5) is 3.85. The lowest BCUT2D eigenvalue weighted by Crippen LogP contribution is -2.30. The average Bonchev–Trinajstić information content (AvgIpc) is 2.13. The number of hydrogen-bond acceptors (Lipinski definition) is 2. The Kier molecular flexibility index (Phi) is 3.22. The maximum atomic E-state index is 12.7. The van der Waals surface area contributed by atoms with Crippen LogP contribution in [0.3, 0.4) is 0 Å². The average molecular weight is 202 g/mol. The van der Waals surface area contributed by atoms with Crippen molar-refractivity contribution in [3.8, 4) is 0 Å². The Morgan fingerprint density at radius 3 is 2.77 bits per heavy atom. The third-order valence-electron chi connectivity index (χ3n) is 1.55. The summed E-state index contributed by atoms with van der Waals surface area (Å²) in [6.45, 7) is 0. The van der Waals surface area contributed by atoms with Crippen molar-refractivity contribution in [3.63, 3.8) is 0 Å². The fourth-order valence-corrected chi connectivity index (χ4v) is 1.10. The molecule has 1 aromatic carbocycles. The number of nitrogens with one attached hydrogen (secondary N) is 1. The summed E-state index contributed by atoms with van der Waals surface area (Å²) in [5, 5.41) is 0.0499. The Balaban J connectivity index is 3.10. The van der Waals surface area contributed by atoms with E-state index < -0.39 is 5.82 Å². The van der Waals surface area contributed by atoms with Crippen LogP contribution in [0.1, 0.15) is 5.56 Å². The van der Waals surface area contributed by atoms with Crippen molar-refractivity contribution in [2.75, 3.05) is 7.05 Å². The molecule has 0 aromatic heterocycles. The zero-order valence-electron chi connectivity index (χ0n) is 7.01. The number of aliphatic imine (C=N–C) groups is 1. The van der Waals surface area contributed by atoms with E-state index in [0.29, 0.717) is 11.4 Å². The molecule has 0 spiro atoms. The molecule has 5 heteroatoms. The van der Waals surface area contributed by atoms with Crippen LogP contribution < -0.4 is 11.3 Å². The Morgan fingerprint density at radius 1 is 1.62 bits per heavy atom. The van der Waals surface area contributed by atoms with Gasteiger partial charge in [0.05, 0.1) is 5.02 Å². The van der Waals surface area contributed by atoms with Crippen molar-refractivity contribution in [1.82, 2.24) is 5.43 Å². The van der Waals surface area contributed by atoms with Crippen molar-refractivity contribution in [1.29, 1.82) is 0 Å². The molecule has 70 valence electrons. The Hall–Kier alpha value is -1.13. The highest BCUT2D eigenvalue weighted by molar-refractivity contribution is 6.31. The van der Waals surface area contributed by atoms with E-state index in [0.717, 1.165) is 0 Å². The second-order valence-corrected chi connectivity index (χ2v) is 2.75. The molecule has 0 fully saturated rings. The lowest BCUT2D eigenvalue weighted by atomic mass is 10.2. The quantitative estimate of drug-likeness (QED) is 0.312. The van der Waals surface area contributed by atoms with Crippen LogP contribution in [-0.4, -0.2) is 12.9 Å². The standard InChI is InChI=1S/C8H9ClFN3/c1-12-8(13-11)5-2-3-7(10)6(9)4-5/h2-4H,11H2,1H3,(H,12,13). The number of amidine groups is 1. The number of hydrogen-bond donors (Lipinski definition) is 2. The summed E-state index contributed by atoms with van der Waals surface area (Å²) in [6.07, 6.45) is 0. The molecule has 0 amide bonds. The summed E-state index contributed by atoms with van der Waals surface area (Å²) in [5.74, 6) is 5.19. The van der Waals surface area contributed by atoms with Gasteiger partial charge in [-0.15, -0.1) is 0 Å². The molecule has 13 heavy (non-hydrogen) atoms. The molecule has 0 aliphatic heterocycles. The lowest BCUT2D eigenvalue weighted by Gasteiger charge is -2.04. The highest BCUT2D eigenvalue weighted by Gasteiger charge is 2.04. The van der Waals surface area contributed by atoms with Crippen LogP contribution in [0.4, 0.5) is 4.39 Å². The van der Waals surface area contributed by atoms with E-state index in [1.807, 2.05) is 0 Å². The predicted octanol–water partition coefficient (Wildman–Crippen LogP) is 1.32. The van der Waals surface area contributed by atoms with Crippen molar-refractivity contribution in [2.24, 2.45) is 10.8 Å². The van der Waals surface area contributed by atoms with Crippen LogP contribution in [0.5, 0.6) is 0 Å². The monoisotopic (exact) mass is 201 g/mol. The van der Waals surface area contributed by atoms with Crippen LogP contribution >= 0.6 is 11.6 Å². The molecule has 0 aliphatic rings. The minimum Gasteiger partial charge on any atom is -0.308 e. The highest BCUT2D eigenvalue weighted by atomic mass is 35.5. The summed E-state index contributed by atoms with van der Waals surface area (Å²) < 4.78 is 12.7. The molecule has 0 atom stereocenters. The first-order valence-electron chi connectivity index (χ1n) is 3.58. The van der Waals surface area contributed by atoms with E-state index in [9.17, 15) is 4.39 Å². The molecule has 1 rings (SSSR count). The smallest absolute Gasteiger partial charge is 0.142 e. The second kappa shape index (κ2) is 4.20. The first-order chi connectivity index (χ1) is 6.19. The van der Waals surface area contributed by atoms with Gasteiger partial charge in [-0.25, -0.2) is 10.2 Å². The van der Waals surface area contributed by atoms with Gasteiger partial charge < -0.3 is 5.43 Å². The highest BCUT2D eigenvalue weighted by Crippen LogP contribution is 2.15. The van der Waals surface area contributed by atoms with Gasteiger partial charge >= 0.3 is 0 Å². The van der Waals surface area contributed by atoms with Crippen LogP contribution in [0.25, 0.3) is 0 Å². The van der Waals surface area contributed by atoms with Crippen molar-refractivity contribution in [2.45, 2.75) is 0 Å². The number of nitrogens with zero attached hydrogens (tertiary/aromatic N) is 1. The van der Waals surface area contributed by atoms with Gasteiger partial charge in [0, 0.05) is 12.6 Å². The predicted molar refractivity (Wildman–Crippen MR) is 51.2 cm³/mol. The van der Waals surface area contributed by atoms with E-state index in [-0.39, 0.29) is 5.02 Å². The first-order valence-corrected chi connectivity index (χ1v) is 3.95. The number of benzene rings is 1. The first kappa shape index (κ1) is 9.95. The Morgan fingerprint density at radius 2 is 2.31 bits per heavy atom. The fraction of sp³-hybridized carbons (Fsp3) is 0.125. The molecule has 0 saturated carbocycles. The van der Waals surface area contributed by atoms with E-state index >= 15 is 0 Å². The molecular weight excluding hydrogens is 193 g/mol. The van der Waals surface area contributed by atoms with Gasteiger partial charge in [-0.3, -0.25) is 4.99 Å². The van der Waals surface area contributed by atoms with Crippen molar-refractivity contribution >= 4 is 17.4 Å². The van der Waals surface area contributed by atoms with Crippen LogP contribution in [0, 0.1) is 5.82 Å². The topological polar surface area (TPSA) is 50.4 Å². The summed E-state index contributed by atoms with van der Waals surface area (Å²) in [5.41, 5.74) is 3.03. The van der Waals surface area contributed by atoms with Crippen LogP contribution in [0.15, 0.2) is 23.2 Å². The van der Waals surface area contributed by atoms with Gasteiger partial charge in [0.2, 0.25) is 0 Å². The van der Waals surface area contributed by atoms with Gasteiger partial charge in [0.25, 0.3) is 0 Å². The van der Waals surface area contributed by atoms with E-state index in [1.165, 1.54) is 12.1 Å². The maximum Gasteiger partial charge on any atom is 0.142 e. The van der Waals surface area contributed by atoms with Gasteiger partial charge in [0.1, 0.15) is 11.7 Å². The second-order valence-electron chi connectivity index (χ2n) is 2.35. The summed E-state index contributed by atoms with van der Waals surface area (Å²) in [7, 11) is 1.58.